The molecule has 0 fully saturated rings. The van der Waals surface area contributed by atoms with Crippen molar-refractivity contribution >= 4 is 7.60 Å². The van der Waals surface area contributed by atoms with Crippen LogP contribution in [-0.2, 0) is 13.6 Å². The Labute approximate surface area is 87.0 Å². The summed E-state index contributed by atoms with van der Waals surface area (Å²) in [6.45, 7) is 2.18. The summed E-state index contributed by atoms with van der Waals surface area (Å²) >= 11 is 0. The second-order valence-electron chi connectivity index (χ2n) is 3.14. The van der Waals surface area contributed by atoms with Gasteiger partial charge in [-0.3, -0.25) is 4.57 Å². The van der Waals surface area contributed by atoms with Gasteiger partial charge in [0.25, 0.3) is 0 Å². The number of hydrogen-bond donors (Lipinski definition) is 0. The lowest BCUT2D eigenvalue weighted by molar-refractivity contribution is 0.286. The highest BCUT2D eigenvalue weighted by Gasteiger charge is 2.14. The van der Waals surface area contributed by atoms with Crippen molar-refractivity contribution in [2.75, 3.05) is 14.2 Å². The Bertz CT molecular complexity index is 194. The fourth-order valence-corrected chi connectivity index (χ4v) is 1.89. The molecule has 0 N–H and O–H groups in total. The molecule has 84 valence electrons. The molecular weight excluding hydrogens is 199 g/mol. The molecule has 14 heavy (non-hydrogen) atoms. The highest BCUT2D eigenvalue weighted by Crippen LogP contribution is 2.47. The van der Waals surface area contributed by atoms with Gasteiger partial charge in [0.15, 0.2) is 0 Å². The van der Waals surface area contributed by atoms with Crippen molar-refractivity contribution in [2.45, 2.75) is 39.0 Å². The summed E-state index contributed by atoms with van der Waals surface area (Å²) in [5.41, 5.74) is 0. The van der Waals surface area contributed by atoms with Gasteiger partial charge in [-0.25, -0.2) is 0 Å². The van der Waals surface area contributed by atoms with E-state index in [0.29, 0.717) is 0 Å². The van der Waals surface area contributed by atoms with Crippen molar-refractivity contribution in [3.63, 3.8) is 0 Å². The van der Waals surface area contributed by atoms with Crippen molar-refractivity contribution in [1.82, 2.24) is 0 Å². The number of unbranched alkanes of at least 4 members (excludes halogenated alkanes) is 4. The van der Waals surface area contributed by atoms with Crippen LogP contribution in [0.5, 0.6) is 0 Å². The molecule has 0 amide bonds. The van der Waals surface area contributed by atoms with Gasteiger partial charge in [-0.15, -0.1) is 0 Å². The van der Waals surface area contributed by atoms with Crippen LogP contribution < -0.4 is 0 Å². The monoisotopic (exact) mass is 220 g/mol. The van der Waals surface area contributed by atoms with E-state index in [1.165, 1.54) is 33.5 Å². The van der Waals surface area contributed by atoms with Gasteiger partial charge in [0.05, 0.1) is 0 Å². The van der Waals surface area contributed by atoms with E-state index in [-0.39, 0.29) is 0 Å². The first-order chi connectivity index (χ1) is 6.68. The molecule has 0 aliphatic heterocycles. The van der Waals surface area contributed by atoms with Crippen LogP contribution in [-0.4, -0.2) is 14.2 Å². The van der Waals surface area contributed by atoms with Crippen molar-refractivity contribution in [3.8, 4) is 0 Å². The summed E-state index contributed by atoms with van der Waals surface area (Å²) in [7, 11) is -0.128. The van der Waals surface area contributed by atoms with Gasteiger partial charge in [-0.2, -0.15) is 0 Å². The zero-order chi connectivity index (χ0) is 10.9. The third-order valence-electron chi connectivity index (χ3n) is 2.02. The summed E-state index contributed by atoms with van der Waals surface area (Å²) in [4.78, 5) is 0. The quantitative estimate of drug-likeness (QED) is 0.459. The van der Waals surface area contributed by atoms with Crippen LogP contribution in [0.4, 0.5) is 0 Å². The molecule has 0 radical (unpaired) electrons. The molecule has 0 aliphatic rings. The number of hydrogen-bond acceptors (Lipinski definition) is 3. The fraction of sp³-hybridized carbons (Fsp3) is 0.800. The maximum atomic E-state index is 11.5. The molecule has 0 unspecified atom stereocenters. The molecule has 0 aromatic rings. The lowest BCUT2D eigenvalue weighted by atomic mass is 10.2. The van der Waals surface area contributed by atoms with E-state index in [9.17, 15) is 4.57 Å². The predicted molar refractivity (Wildman–Crippen MR) is 59.5 cm³/mol. The molecule has 0 aromatic carbocycles. The molecule has 0 bridgehead atoms. The fourth-order valence-electron chi connectivity index (χ4n) is 1.09. The number of allylic oxidation sites excluding steroid dienone is 1. The lowest BCUT2D eigenvalue weighted by Gasteiger charge is -2.07. The van der Waals surface area contributed by atoms with E-state index in [4.69, 9.17) is 9.05 Å². The molecule has 0 aliphatic carbocycles. The Morgan fingerprint density at radius 2 is 1.79 bits per heavy atom. The molecule has 4 heteroatoms. The van der Waals surface area contributed by atoms with E-state index in [2.05, 4.69) is 6.92 Å². The summed E-state index contributed by atoms with van der Waals surface area (Å²) < 4.78 is 21.0. The smallest absolute Gasteiger partial charge is 0.309 e. The number of rotatable bonds is 8. The molecular formula is C10H21O3P. The second kappa shape index (κ2) is 8.22. The van der Waals surface area contributed by atoms with Gasteiger partial charge >= 0.3 is 7.60 Å². The summed E-state index contributed by atoms with van der Waals surface area (Å²) in [5.74, 6) is 1.54. The van der Waals surface area contributed by atoms with Crippen molar-refractivity contribution in [1.29, 1.82) is 0 Å². The van der Waals surface area contributed by atoms with Crippen molar-refractivity contribution < 1.29 is 13.6 Å². The van der Waals surface area contributed by atoms with Gasteiger partial charge in [-0.05, 0) is 12.8 Å². The minimum absolute atomic E-state index is 0.941. The average Bonchev–Trinajstić information content (AvgIpc) is 2.23. The van der Waals surface area contributed by atoms with E-state index < -0.39 is 7.60 Å². The first-order valence-corrected chi connectivity index (χ1v) is 6.68. The van der Waals surface area contributed by atoms with E-state index in [1.807, 2.05) is 6.08 Å². The van der Waals surface area contributed by atoms with Gasteiger partial charge < -0.3 is 9.05 Å². The van der Waals surface area contributed by atoms with E-state index in [0.717, 1.165) is 12.8 Å². The van der Waals surface area contributed by atoms with Crippen LogP contribution in [0, 0.1) is 0 Å². The van der Waals surface area contributed by atoms with Crippen LogP contribution in [0.25, 0.3) is 0 Å². The molecule has 0 saturated heterocycles. The van der Waals surface area contributed by atoms with Gasteiger partial charge in [0.1, 0.15) is 0 Å². The molecule has 0 saturated carbocycles. The Morgan fingerprint density at radius 3 is 2.29 bits per heavy atom. The second-order valence-corrected chi connectivity index (χ2v) is 5.25. The first-order valence-electron chi connectivity index (χ1n) is 5.07. The molecule has 0 spiro atoms. The van der Waals surface area contributed by atoms with Crippen LogP contribution in [0.2, 0.25) is 0 Å². The van der Waals surface area contributed by atoms with E-state index >= 15 is 0 Å². The third-order valence-corrected chi connectivity index (χ3v) is 3.62. The Kier molecular flexibility index (Phi) is 8.15. The van der Waals surface area contributed by atoms with Crippen molar-refractivity contribution in [3.05, 3.63) is 11.9 Å². The Hall–Kier alpha value is -0.110. The van der Waals surface area contributed by atoms with Crippen LogP contribution in [0.15, 0.2) is 11.9 Å². The normalized spacial score (nSPS) is 12.5. The minimum Gasteiger partial charge on any atom is -0.309 e. The zero-order valence-electron chi connectivity index (χ0n) is 9.36. The predicted octanol–water partition coefficient (Wildman–Crippen LogP) is 3.96. The largest absolute Gasteiger partial charge is 0.353 e. The molecule has 0 rings (SSSR count). The average molecular weight is 220 g/mol. The zero-order valence-corrected chi connectivity index (χ0v) is 10.3. The van der Waals surface area contributed by atoms with Gasteiger partial charge in [0, 0.05) is 20.0 Å². The van der Waals surface area contributed by atoms with Crippen LogP contribution in [0.3, 0.4) is 0 Å². The molecule has 3 nitrogen and oxygen atoms in total. The first kappa shape index (κ1) is 13.9. The third kappa shape index (κ3) is 6.36. The summed E-state index contributed by atoms with van der Waals surface area (Å²) in [5, 5.41) is 0. The molecule has 0 atom stereocenters. The van der Waals surface area contributed by atoms with Crippen LogP contribution in [0.1, 0.15) is 39.0 Å². The molecule has 0 aromatic heterocycles. The topological polar surface area (TPSA) is 35.5 Å². The van der Waals surface area contributed by atoms with Gasteiger partial charge in [0.2, 0.25) is 0 Å². The Morgan fingerprint density at radius 1 is 1.14 bits per heavy atom. The maximum Gasteiger partial charge on any atom is 0.353 e. The highest BCUT2D eigenvalue weighted by atomic mass is 31.2. The summed E-state index contributed by atoms with van der Waals surface area (Å²) in [6.07, 6.45) is 7.68. The molecule has 0 heterocycles. The maximum absolute atomic E-state index is 11.5. The lowest BCUT2D eigenvalue weighted by Crippen LogP contribution is -1.83. The Balaban J connectivity index is 3.65. The van der Waals surface area contributed by atoms with Gasteiger partial charge in [-0.1, -0.05) is 32.3 Å². The SMILES string of the molecule is CCCCCC/C=C/P(=O)(OC)OC. The highest BCUT2D eigenvalue weighted by molar-refractivity contribution is 7.57. The van der Waals surface area contributed by atoms with E-state index in [1.54, 1.807) is 5.82 Å². The standard InChI is InChI=1S/C10H21O3P/c1-4-5-6-7-8-9-10-14(11,12-2)13-3/h9-10H,4-8H2,1-3H3/b10-9+. The van der Waals surface area contributed by atoms with Crippen LogP contribution >= 0.6 is 7.60 Å². The minimum atomic E-state index is -2.92. The van der Waals surface area contributed by atoms with Crippen molar-refractivity contribution in [2.24, 2.45) is 0 Å². The summed E-state index contributed by atoms with van der Waals surface area (Å²) in [6, 6.07) is 0.